The van der Waals surface area contributed by atoms with Crippen molar-refractivity contribution in [1.82, 2.24) is 10.3 Å². The normalized spacial score (nSPS) is 15.6. The number of rotatable bonds is 9. The molecule has 2 aromatic rings. The fourth-order valence-electron chi connectivity index (χ4n) is 3.48. The van der Waals surface area contributed by atoms with Gasteiger partial charge < -0.3 is 14.8 Å². The molecule has 3 rings (SSSR count). The van der Waals surface area contributed by atoms with Crippen molar-refractivity contribution in [2.45, 2.75) is 26.7 Å². The predicted molar refractivity (Wildman–Crippen MR) is 131 cm³/mol. The third kappa shape index (κ3) is 6.06. The minimum atomic E-state index is -0.683. The topological polar surface area (TPSA) is 101 Å². The molecular formula is C26H27N3O4S. The number of esters is 2. The van der Waals surface area contributed by atoms with E-state index < -0.39 is 11.9 Å². The van der Waals surface area contributed by atoms with E-state index in [0.29, 0.717) is 28.5 Å². The van der Waals surface area contributed by atoms with Crippen LogP contribution in [0.4, 0.5) is 0 Å². The van der Waals surface area contributed by atoms with Crippen molar-refractivity contribution in [2.24, 2.45) is 5.92 Å². The van der Waals surface area contributed by atoms with E-state index in [4.69, 9.17) is 9.47 Å². The Morgan fingerprint density at radius 1 is 1.15 bits per heavy atom. The number of carbonyl (C=O) groups excluding carboxylic acids is 2. The van der Waals surface area contributed by atoms with E-state index in [1.807, 2.05) is 44.2 Å². The maximum Gasteiger partial charge on any atom is 0.337 e. The molecule has 0 amide bonds. The second kappa shape index (κ2) is 12.1. The molecule has 1 atom stereocenters. The number of allylic oxidation sites excluding steroid dienone is 1. The first kappa shape index (κ1) is 25.1. The number of aromatic nitrogens is 1. The molecule has 0 bridgehead atoms. The van der Waals surface area contributed by atoms with E-state index in [2.05, 4.69) is 16.4 Å². The SMILES string of the molecule is CCOC(=O)C1=C(c2ccccc2)NC(SCC(=O)OCC(C)C)=C(C#N)[C@@H]1c1ccncc1. The maximum atomic E-state index is 13.2. The van der Waals surface area contributed by atoms with E-state index in [9.17, 15) is 14.9 Å². The first-order valence-corrected chi connectivity index (χ1v) is 12.0. The van der Waals surface area contributed by atoms with Gasteiger partial charge in [-0.1, -0.05) is 55.9 Å². The first-order chi connectivity index (χ1) is 16.5. The highest BCUT2D eigenvalue weighted by atomic mass is 32.2. The summed E-state index contributed by atoms with van der Waals surface area (Å²) in [4.78, 5) is 29.5. The van der Waals surface area contributed by atoms with Crippen LogP contribution in [0, 0.1) is 17.2 Å². The molecule has 0 unspecified atom stereocenters. The summed E-state index contributed by atoms with van der Waals surface area (Å²) in [7, 11) is 0. The Balaban J connectivity index is 2.09. The van der Waals surface area contributed by atoms with Crippen LogP contribution < -0.4 is 5.32 Å². The van der Waals surface area contributed by atoms with Gasteiger partial charge in [0.25, 0.3) is 0 Å². The lowest BCUT2D eigenvalue weighted by Crippen LogP contribution is -2.29. The van der Waals surface area contributed by atoms with Gasteiger partial charge in [-0.3, -0.25) is 9.78 Å². The third-order valence-electron chi connectivity index (χ3n) is 4.96. The predicted octanol–water partition coefficient (Wildman–Crippen LogP) is 4.41. The number of hydrogen-bond acceptors (Lipinski definition) is 8. The average molecular weight is 478 g/mol. The number of carbonyl (C=O) groups is 2. The van der Waals surface area contributed by atoms with E-state index in [1.165, 1.54) is 11.8 Å². The van der Waals surface area contributed by atoms with Gasteiger partial charge in [0.1, 0.15) is 0 Å². The van der Waals surface area contributed by atoms with Crippen LogP contribution in [0.15, 0.2) is 71.0 Å². The lowest BCUT2D eigenvalue weighted by molar-refractivity contribution is -0.141. The lowest BCUT2D eigenvalue weighted by atomic mass is 9.81. The van der Waals surface area contributed by atoms with Crippen LogP contribution in [-0.4, -0.2) is 35.9 Å². The number of benzene rings is 1. The van der Waals surface area contributed by atoms with Crippen LogP contribution in [-0.2, 0) is 19.1 Å². The van der Waals surface area contributed by atoms with Crippen LogP contribution in [0.1, 0.15) is 37.8 Å². The van der Waals surface area contributed by atoms with Gasteiger partial charge in [0.05, 0.1) is 52.8 Å². The highest BCUT2D eigenvalue weighted by Gasteiger charge is 2.37. The molecule has 1 N–H and O–H groups in total. The zero-order chi connectivity index (χ0) is 24.5. The number of pyridine rings is 1. The Hall–Kier alpha value is -3.57. The Kier molecular flexibility index (Phi) is 8.88. The Bertz CT molecular complexity index is 1120. The van der Waals surface area contributed by atoms with Gasteiger partial charge in [-0.15, -0.1) is 0 Å². The van der Waals surface area contributed by atoms with Crippen molar-refractivity contribution in [2.75, 3.05) is 19.0 Å². The molecule has 0 fully saturated rings. The molecule has 7 nitrogen and oxygen atoms in total. The van der Waals surface area contributed by atoms with Crippen LogP contribution in [0.2, 0.25) is 0 Å². The summed E-state index contributed by atoms with van der Waals surface area (Å²) < 4.78 is 10.7. The molecule has 0 aliphatic carbocycles. The Morgan fingerprint density at radius 2 is 1.85 bits per heavy atom. The molecule has 0 radical (unpaired) electrons. The number of ether oxygens (including phenoxy) is 2. The molecule has 1 aromatic carbocycles. The van der Waals surface area contributed by atoms with Crippen LogP contribution in [0.5, 0.6) is 0 Å². The van der Waals surface area contributed by atoms with Gasteiger partial charge in [-0.05, 0) is 36.1 Å². The molecule has 2 heterocycles. The molecule has 34 heavy (non-hydrogen) atoms. The van der Waals surface area contributed by atoms with Crippen molar-refractivity contribution in [1.29, 1.82) is 5.26 Å². The summed E-state index contributed by atoms with van der Waals surface area (Å²) in [6.45, 7) is 6.20. The van der Waals surface area contributed by atoms with Crippen LogP contribution in [0.3, 0.4) is 0 Å². The van der Waals surface area contributed by atoms with Gasteiger partial charge in [-0.2, -0.15) is 5.26 Å². The highest BCUT2D eigenvalue weighted by molar-refractivity contribution is 8.03. The monoisotopic (exact) mass is 477 g/mol. The average Bonchev–Trinajstić information content (AvgIpc) is 2.86. The summed E-state index contributed by atoms with van der Waals surface area (Å²) in [5, 5.41) is 13.9. The van der Waals surface area contributed by atoms with Gasteiger partial charge in [0, 0.05) is 12.4 Å². The van der Waals surface area contributed by atoms with Gasteiger partial charge in [-0.25, -0.2) is 4.79 Å². The summed E-state index contributed by atoms with van der Waals surface area (Å²) in [5.74, 6) is -1.31. The Labute approximate surface area is 203 Å². The quantitative estimate of drug-likeness (QED) is 0.530. The molecule has 8 heteroatoms. The van der Waals surface area contributed by atoms with Gasteiger partial charge in [0.15, 0.2) is 0 Å². The molecule has 176 valence electrons. The summed E-state index contributed by atoms with van der Waals surface area (Å²) >= 11 is 1.18. The standard InChI is InChI=1S/C26H27N3O4S/c1-4-32-26(31)23-22(18-10-12-28-13-11-18)20(14-27)25(34-16-21(30)33-15-17(2)3)29-24(23)19-8-6-5-7-9-19/h5-13,17,22,29H,4,15-16H2,1-3H3/t22-/m0/s1. The van der Waals surface area contributed by atoms with Crippen molar-refractivity contribution in [3.8, 4) is 6.07 Å². The minimum absolute atomic E-state index is 0.0279. The molecule has 1 aromatic heterocycles. The van der Waals surface area contributed by atoms with Crippen molar-refractivity contribution in [3.63, 3.8) is 0 Å². The number of nitrogens with zero attached hydrogens (tertiary/aromatic N) is 2. The lowest BCUT2D eigenvalue weighted by Gasteiger charge is -2.30. The van der Waals surface area contributed by atoms with E-state index in [1.54, 1.807) is 31.5 Å². The van der Waals surface area contributed by atoms with Gasteiger partial charge in [0.2, 0.25) is 0 Å². The second-order valence-electron chi connectivity index (χ2n) is 7.93. The number of nitriles is 1. The number of hydrogen-bond donors (Lipinski definition) is 1. The van der Waals surface area contributed by atoms with Crippen LogP contribution >= 0.6 is 11.8 Å². The molecule has 1 aliphatic heterocycles. The number of thioether (sulfide) groups is 1. The summed E-state index contributed by atoms with van der Waals surface area (Å²) in [6.07, 6.45) is 3.24. The zero-order valence-electron chi connectivity index (χ0n) is 19.4. The smallest absolute Gasteiger partial charge is 0.337 e. The third-order valence-corrected chi connectivity index (χ3v) is 5.95. The molecule has 0 saturated carbocycles. The summed E-state index contributed by atoms with van der Waals surface area (Å²) in [6, 6.07) is 15.2. The summed E-state index contributed by atoms with van der Waals surface area (Å²) in [5.41, 5.74) is 2.70. The maximum absolute atomic E-state index is 13.2. The van der Waals surface area contributed by atoms with Crippen molar-refractivity contribution < 1.29 is 19.1 Å². The van der Waals surface area contributed by atoms with E-state index in [-0.39, 0.29) is 24.2 Å². The largest absolute Gasteiger partial charge is 0.465 e. The minimum Gasteiger partial charge on any atom is -0.465 e. The zero-order valence-corrected chi connectivity index (χ0v) is 20.2. The first-order valence-electron chi connectivity index (χ1n) is 11.0. The molecule has 0 spiro atoms. The molecule has 0 saturated heterocycles. The van der Waals surface area contributed by atoms with Gasteiger partial charge >= 0.3 is 11.9 Å². The van der Waals surface area contributed by atoms with Crippen molar-refractivity contribution >= 4 is 29.4 Å². The van der Waals surface area contributed by atoms with E-state index in [0.717, 1.165) is 11.1 Å². The second-order valence-corrected chi connectivity index (χ2v) is 8.92. The Morgan fingerprint density at radius 3 is 2.47 bits per heavy atom. The van der Waals surface area contributed by atoms with E-state index >= 15 is 0 Å². The molecule has 1 aliphatic rings. The fourth-order valence-corrected chi connectivity index (χ4v) is 4.32. The highest BCUT2D eigenvalue weighted by Crippen LogP contribution is 2.43. The van der Waals surface area contributed by atoms with Crippen LogP contribution in [0.25, 0.3) is 5.70 Å². The number of nitrogens with one attached hydrogen (secondary N) is 1. The van der Waals surface area contributed by atoms with Crippen molar-refractivity contribution in [3.05, 3.63) is 82.2 Å². The molecular weight excluding hydrogens is 450 g/mol. The fraction of sp³-hybridized carbons (Fsp3) is 0.308. The number of dihydropyridines is 1.